The maximum absolute atomic E-state index is 12.9. The third-order valence-corrected chi connectivity index (χ3v) is 4.97. The van der Waals surface area contributed by atoms with E-state index in [4.69, 9.17) is 15.9 Å². The van der Waals surface area contributed by atoms with Gasteiger partial charge in [0.15, 0.2) is 12.2 Å². The summed E-state index contributed by atoms with van der Waals surface area (Å²) in [5, 5.41) is 20.4. The van der Waals surface area contributed by atoms with E-state index < -0.39 is 24.0 Å². The van der Waals surface area contributed by atoms with E-state index in [0.717, 1.165) is 0 Å². The molecule has 1 aliphatic rings. The maximum Gasteiger partial charge on any atom is 0.259 e. The Labute approximate surface area is 185 Å². The minimum Gasteiger partial charge on any atom is -0.384 e. The van der Waals surface area contributed by atoms with Crippen molar-refractivity contribution in [3.63, 3.8) is 0 Å². The second kappa shape index (κ2) is 9.58. The molecule has 168 valence electrons. The van der Waals surface area contributed by atoms with E-state index in [2.05, 4.69) is 5.32 Å². The number of hydrogen-bond donors (Lipinski definition) is 4. The van der Waals surface area contributed by atoms with Gasteiger partial charge in [-0.15, -0.1) is 0 Å². The van der Waals surface area contributed by atoms with Crippen LogP contribution in [0.2, 0.25) is 0 Å². The summed E-state index contributed by atoms with van der Waals surface area (Å²) in [5.41, 5.74) is 7.28. The summed E-state index contributed by atoms with van der Waals surface area (Å²) in [6.07, 6.45) is -3.10. The second-order valence-corrected chi connectivity index (χ2v) is 7.45. The normalized spacial score (nSPS) is 16.9. The molecule has 0 saturated carbocycles. The lowest BCUT2D eigenvalue weighted by atomic mass is 10.1. The number of aliphatic hydroxyl groups excluding tert-OH is 1. The van der Waals surface area contributed by atoms with Gasteiger partial charge in [-0.3, -0.25) is 19.8 Å². The first kappa shape index (κ1) is 22.9. The van der Waals surface area contributed by atoms with Crippen molar-refractivity contribution in [3.05, 3.63) is 59.7 Å². The number of carbonyl (C=O) groups excluding carboxylic acids is 3. The molecule has 1 saturated heterocycles. The zero-order valence-electron chi connectivity index (χ0n) is 17.7. The number of nitrogens with one attached hydrogen (secondary N) is 2. The molecular weight excluding hydrogens is 414 g/mol. The van der Waals surface area contributed by atoms with Gasteiger partial charge in [0.25, 0.3) is 17.7 Å². The first-order chi connectivity index (χ1) is 15.2. The van der Waals surface area contributed by atoms with Gasteiger partial charge < -0.3 is 30.7 Å². The number of amides is 3. The molecule has 2 atom stereocenters. The average Bonchev–Trinajstić information content (AvgIpc) is 2.78. The minimum absolute atomic E-state index is 0.108. The standard InChI is InChI=1S/C22H25N5O5/c1-26(2)21(30)14-5-9-16(10-6-14)27-11-12-32-18(22(27)31)17(28)20(29)25-15-7-3-13(4-8-15)19(23)24/h3-10,17-18,28H,11-12H2,1-2H3,(H3,23,24)(H,25,29). The predicted octanol–water partition coefficient (Wildman–Crippen LogP) is 0.404. The van der Waals surface area contributed by atoms with Crippen LogP contribution in [0.1, 0.15) is 15.9 Å². The predicted molar refractivity (Wildman–Crippen MR) is 119 cm³/mol. The highest BCUT2D eigenvalue weighted by molar-refractivity contribution is 6.04. The first-order valence-electron chi connectivity index (χ1n) is 9.87. The average molecular weight is 439 g/mol. The van der Waals surface area contributed by atoms with Gasteiger partial charge in [0.05, 0.1) is 6.61 Å². The summed E-state index contributed by atoms with van der Waals surface area (Å²) in [6, 6.07) is 12.7. The van der Waals surface area contributed by atoms with Crippen molar-refractivity contribution in [2.75, 3.05) is 37.5 Å². The summed E-state index contributed by atoms with van der Waals surface area (Å²) >= 11 is 0. The van der Waals surface area contributed by atoms with Crippen molar-refractivity contribution in [2.45, 2.75) is 12.2 Å². The van der Waals surface area contributed by atoms with Gasteiger partial charge in [-0.25, -0.2) is 0 Å². The largest absolute Gasteiger partial charge is 0.384 e. The van der Waals surface area contributed by atoms with Crippen molar-refractivity contribution in [3.8, 4) is 0 Å². The third kappa shape index (κ3) is 4.93. The van der Waals surface area contributed by atoms with E-state index in [1.807, 2.05) is 0 Å². The maximum atomic E-state index is 12.9. The number of amidine groups is 1. The quantitative estimate of drug-likeness (QED) is 0.378. The number of aliphatic hydroxyl groups is 1. The molecule has 1 aliphatic heterocycles. The Kier molecular flexibility index (Phi) is 6.86. The number of hydrogen-bond acceptors (Lipinski definition) is 6. The summed E-state index contributed by atoms with van der Waals surface area (Å²) in [4.78, 5) is 40.3. The second-order valence-electron chi connectivity index (χ2n) is 7.45. The highest BCUT2D eigenvalue weighted by atomic mass is 16.5. The van der Waals surface area contributed by atoms with Crippen LogP contribution in [0, 0.1) is 5.41 Å². The summed E-state index contributed by atoms with van der Waals surface area (Å²) < 4.78 is 5.40. The van der Waals surface area contributed by atoms with E-state index in [9.17, 15) is 19.5 Å². The Morgan fingerprint density at radius 3 is 2.31 bits per heavy atom. The molecule has 0 bridgehead atoms. The molecule has 2 aromatic carbocycles. The molecule has 0 aromatic heterocycles. The molecule has 10 heteroatoms. The van der Waals surface area contributed by atoms with Crippen LogP contribution in [0.4, 0.5) is 11.4 Å². The molecule has 0 aliphatic carbocycles. The number of morpholine rings is 1. The van der Waals surface area contributed by atoms with Gasteiger partial charge >= 0.3 is 0 Å². The van der Waals surface area contributed by atoms with Gasteiger partial charge in [-0.2, -0.15) is 0 Å². The lowest BCUT2D eigenvalue weighted by Crippen LogP contribution is -2.55. The molecule has 2 unspecified atom stereocenters. The van der Waals surface area contributed by atoms with Gasteiger partial charge in [0.1, 0.15) is 5.84 Å². The topological polar surface area (TPSA) is 149 Å². The highest BCUT2D eigenvalue weighted by Crippen LogP contribution is 2.22. The number of carbonyl (C=O) groups is 3. The Balaban J connectivity index is 1.69. The van der Waals surface area contributed by atoms with Crippen LogP contribution in [0.15, 0.2) is 48.5 Å². The van der Waals surface area contributed by atoms with Crippen molar-refractivity contribution in [1.82, 2.24) is 4.90 Å². The molecule has 0 radical (unpaired) electrons. The molecule has 32 heavy (non-hydrogen) atoms. The molecule has 3 rings (SSSR count). The van der Waals surface area contributed by atoms with E-state index in [1.54, 1.807) is 50.5 Å². The van der Waals surface area contributed by atoms with Gasteiger partial charge in [-0.05, 0) is 48.5 Å². The molecule has 5 N–H and O–H groups in total. The fraction of sp³-hybridized carbons (Fsp3) is 0.273. The van der Waals surface area contributed by atoms with E-state index in [1.165, 1.54) is 21.9 Å². The molecule has 2 aromatic rings. The van der Waals surface area contributed by atoms with E-state index in [-0.39, 0.29) is 24.9 Å². The fourth-order valence-electron chi connectivity index (χ4n) is 3.22. The molecule has 0 spiro atoms. The zero-order chi connectivity index (χ0) is 23.4. The van der Waals surface area contributed by atoms with Crippen LogP contribution < -0.4 is 16.0 Å². The monoisotopic (exact) mass is 439 g/mol. The fourth-order valence-corrected chi connectivity index (χ4v) is 3.22. The number of nitrogens with zero attached hydrogens (tertiary/aromatic N) is 2. The number of rotatable bonds is 6. The lowest BCUT2D eigenvalue weighted by molar-refractivity contribution is -0.150. The van der Waals surface area contributed by atoms with Crippen molar-refractivity contribution in [2.24, 2.45) is 5.73 Å². The molecular formula is C22H25N5O5. The van der Waals surface area contributed by atoms with Gasteiger partial charge in [-0.1, -0.05) is 0 Å². The molecule has 10 nitrogen and oxygen atoms in total. The summed E-state index contributed by atoms with van der Waals surface area (Å²) in [7, 11) is 3.30. The molecule has 3 amide bonds. The number of benzene rings is 2. The summed E-state index contributed by atoms with van der Waals surface area (Å²) in [6.45, 7) is 0.379. The smallest absolute Gasteiger partial charge is 0.259 e. The Morgan fingerprint density at radius 2 is 1.75 bits per heavy atom. The van der Waals surface area contributed by atoms with Crippen molar-refractivity contribution in [1.29, 1.82) is 5.41 Å². The number of nitrogen functional groups attached to an aromatic ring is 1. The van der Waals surface area contributed by atoms with Gasteiger partial charge in [0.2, 0.25) is 0 Å². The van der Waals surface area contributed by atoms with Crippen LogP contribution >= 0.6 is 0 Å². The van der Waals surface area contributed by atoms with Gasteiger partial charge in [0, 0.05) is 43.1 Å². The van der Waals surface area contributed by atoms with Crippen LogP contribution in [-0.2, 0) is 14.3 Å². The Bertz CT molecular complexity index is 1020. The minimum atomic E-state index is -1.73. The number of anilines is 2. The molecule has 1 fully saturated rings. The van der Waals surface area contributed by atoms with Crippen LogP contribution in [-0.4, -0.2) is 73.0 Å². The van der Waals surface area contributed by atoms with Crippen molar-refractivity contribution < 1.29 is 24.2 Å². The van der Waals surface area contributed by atoms with Crippen LogP contribution in [0.25, 0.3) is 0 Å². The van der Waals surface area contributed by atoms with Crippen LogP contribution in [0.3, 0.4) is 0 Å². The van der Waals surface area contributed by atoms with Crippen LogP contribution in [0.5, 0.6) is 0 Å². The number of ether oxygens (including phenoxy) is 1. The Morgan fingerprint density at radius 1 is 1.16 bits per heavy atom. The SMILES string of the molecule is CN(C)C(=O)c1ccc(N2CCOC(C(O)C(=O)Nc3ccc(C(=N)N)cc3)C2=O)cc1. The highest BCUT2D eigenvalue weighted by Gasteiger charge is 2.39. The van der Waals surface area contributed by atoms with E-state index in [0.29, 0.717) is 22.5 Å². The lowest BCUT2D eigenvalue weighted by Gasteiger charge is -2.34. The number of nitrogens with two attached hydrogens (primary N) is 1. The summed E-state index contributed by atoms with van der Waals surface area (Å²) in [5.74, 6) is -1.63. The Hall–Kier alpha value is -3.76. The third-order valence-electron chi connectivity index (χ3n) is 4.97. The van der Waals surface area contributed by atoms with Crippen molar-refractivity contribution >= 4 is 34.9 Å². The first-order valence-corrected chi connectivity index (χ1v) is 9.87. The molecule has 1 heterocycles. The zero-order valence-corrected chi connectivity index (χ0v) is 17.7. The van der Waals surface area contributed by atoms with E-state index >= 15 is 0 Å².